The number of hydrogen-bond acceptors (Lipinski definition) is 12. The van der Waals surface area contributed by atoms with Gasteiger partial charge >= 0.3 is 23.1 Å². The van der Waals surface area contributed by atoms with Gasteiger partial charge in [-0.15, -0.1) is 22.7 Å². The third-order valence-electron chi connectivity index (χ3n) is 12.3. The number of carbonyl (C=O) groups is 3. The third kappa shape index (κ3) is 17.4. The maximum absolute atomic E-state index is 13.2. The van der Waals surface area contributed by atoms with E-state index in [0.717, 1.165) is 60.1 Å². The van der Waals surface area contributed by atoms with Crippen LogP contribution in [0.25, 0.3) is 22.5 Å². The first-order valence-corrected chi connectivity index (χ1v) is 29.0. The standard InChI is InChI=1S/C28H32BrF3N4O3S2.C24H30BrF3N2O2S2/c1-16-10-20(14-23(38)39-5)34-36(16)15-22(37)35-8-6-17(7-9-35)26-33-24(25(29)40-26)18-11-19(27(2,3)4)13-21(12-18)41-28(30,31)32;1-22(2,3)16-11-15(12-17(13-16)34-24(26,27)28)18-19(25)33-20(29-18)14-7-9-30(10-8-14)21(31)32-23(4,5)6/h10-13,17H,6-9,14-15H2,1-5H3;11-14H,7-10H2,1-6H3. The summed E-state index contributed by atoms with van der Waals surface area (Å²) in [6, 6.07) is 11.9. The van der Waals surface area contributed by atoms with Gasteiger partial charge in [-0.1, -0.05) is 41.5 Å². The van der Waals surface area contributed by atoms with E-state index in [2.05, 4.69) is 41.7 Å². The summed E-state index contributed by atoms with van der Waals surface area (Å²) in [6.45, 7) is 21.6. The number of ether oxygens (including phenoxy) is 2. The zero-order valence-corrected chi connectivity index (χ0v) is 50.1. The van der Waals surface area contributed by atoms with Crippen molar-refractivity contribution < 1.29 is 50.2 Å². The van der Waals surface area contributed by atoms with Crippen LogP contribution < -0.4 is 0 Å². The van der Waals surface area contributed by atoms with E-state index < -0.39 is 16.6 Å². The predicted octanol–water partition coefficient (Wildman–Crippen LogP) is 15.7. The molecule has 0 unspecified atom stereocenters. The number of rotatable bonds is 10. The molecule has 0 aliphatic carbocycles. The van der Waals surface area contributed by atoms with Gasteiger partial charge in [-0.3, -0.25) is 14.3 Å². The van der Waals surface area contributed by atoms with Gasteiger partial charge in [0.2, 0.25) is 5.91 Å². The molecule has 11 nitrogen and oxygen atoms in total. The fourth-order valence-corrected chi connectivity index (χ4v) is 13.2. The van der Waals surface area contributed by atoms with Crippen LogP contribution in [-0.4, -0.2) is 97.4 Å². The van der Waals surface area contributed by atoms with E-state index in [4.69, 9.17) is 14.7 Å². The molecule has 0 bridgehead atoms. The molecule has 2 aromatic carbocycles. The molecule has 0 N–H and O–H groups in total. The van der Waals surface area contributed by atoms with Crippen molar-refractivity contribution in [3.05, 3.63) is 82.6 Å². The molecule has 2 fully saturated rings. The topological polar surface area (TPSA) is 120 Å². The molecule has 3 aromatic heterocycles. The number of hydrogen-bond donors (Lipinski definition) is 0. The van der Waals surface area contributed by atoms with Gasteiger partial charge in [-0.2, -0.15) is 31.4 Å². The van der Waals surface area contributed by atoms with Crippen LogP contribution in [0.4, 0.5) is 31.1 Å². The lowest BCUT2D eigenvalue weighted by Gasteiger charge is -2.32. The van der Waals surface area contributed by atoms with Crippen LogP contribution in [0, 0.1) is 6.92 Å². The lowest BCUT2D eigenvalue weighted by Crippen LogP contribution is -2.41. The van der Waals surface area contributed by atoms with Gasteiger partial charge in [0.05, 0.1) is 48.2 Å². The molecule has 75 heavy (non-hydrogen) atoms. The number of nitrogens with zero attached hydrogens (tertiary/aromatic N) is 6. The normalized spacial score (nSPS) is 15.5. The van der Waals surface area contributed by atoms with Crippen LogP contribution in [0.1, 0.15) is 132 Å². The number of methoxy groups -OCH3 is 1. The highest BCUT2D eigenvalue weighted by Crippen LogP contribution is 2.46. The Morgan fingerprint density at radius 1 is 0.667 bits per heavy atom. The minimum Gasteiger partial charge on any atom is -0.469 e. The number of piperidine rings is 2. The van der Waals surface area contributed by atoms with Crippen molar-refractivity contribution in [2.24, 2.45) is 0 Å². The summed E-state index contributed by atoms with van der Waals surface area (Å²) in [5, 5.41) is 6.21. The highest BCUT2D eigenvalue weighted by atomic mass is 79.9. The minimum atomic E-state index is -4.38. The summed E-state index contributed by atoms with van der Waals surface area (Å²) >= 11 is 9.98. The van der Waals surface area contributed by atoms with Crippen molar-refractivity contribution >= 4 is 96.0 Å². The number of halogens is 8. The van der Waals surface area contributed by atoms with Gasteiger partial charge in [-0.25, -0.2) is 14.8 Å². The van der Waals surface area contributed by atoms with Gasteiger partial charge in [0.1, 0.15) is 12.1 Å². The van der Waals surface area contributed by atoms with Crippen molar-refractivity contribution in [1.82, 2.24) is 29.5 Å². The van der Waals surface area contributed by atoms with Crippen LogP contribution >= 0.6 is 78.1 Å². The molecule has 5 aromatic rings. The molecule has 5 heterocycles. The zero-order valence-electron chi connectivity index (χ0n) is 43.6. The van der Waals surface area contributed by atoms with Gasteiger partial charge in [-0.05, 0) is 173 Å². The number of benzene rings is 2. The molecule has 2 aliphatic heterocycles. The van der Waals surface area contributed by atoms with Gasteiger partial charge in [0.15, 0.2) is 0 Å². The summed E-state index contributed by atoms with van der Waals surface area (Å²) in [7, 11) is 1.32. The molecule has 23 heteroatoms. The Bertz CT molecular complexity index is 2830. The van der Waals surface area contributed by atoms with E-state index in [1.54, 1.807) is 39.9 Å². The molecule has 2 saturated heterocycles. The Balaban J connectivity index is 0.000000248. The highest BCUT2D eigenvalue weighted by Gasteiger charge is 2.34. The molecule has 7 rings (SSSR count). The maximum atomic E-state index is 13.2. The SMILES string of the molecule is CC(C)(C)OC(=O)N1CCC(c2nc(-c3cc(SC(F)(F)F)cc(C(C)(C)C)c3)c(Br)s2)CC1.COC(=O)Cc1cc(C)n(CC(=O)N2CCC(c3nc(-c4cc(SC(F)(F)F)cc(C(C)(C)C)c4)c(Br)s3)CC2)n1. The Morgan fingerprint density at radius 3 is 1.48 bits per heavy atom. The molecule has 0 spiro atoms. The number of thioether (sulfide) groups is 2. The van der Waals surface area contributed by atoms with Crippen molar-refractivity contribution in [3.8, 4) is 22.5 Å². The second-order valence-corrected chi connectivity index (χ2v) is 28.5. The molecular weight excluding hydrogens is 1190 g/mol. The van der Waals surface area contributed by atoms with Crippen molar-refractivity contribution in [2.75, 3.05) is 33.3 Å². The fourth-order valence-electron chi connectivity index (χ4n) is 8.35. The lowest BCUT2D eigenvalue weighted by molar-refractivity contribution is -0.139. The van der Waals surface area contributed by atoms with E-state index in [9.17, 15) is 40.7 Å². The number of aryl methyl sites for hydroxylation is 1. The largest absolute Gasteiger partial charge is 0.469 e. The molecule has 410 valence electrons. The van der Waals surface area contributed by atoms with Crippen molar-refractivity contribution in [2.45, 2.75) is 157 Å². The quantitative estimate of drug-likeness (QED) is 0.0759. The summed E-state index contributed by atoms with van der Waals surface area (Å²) in [5.41, 5.74) is -4.34. The Hall–Kier alpha value is -3.64. The Kier molecular flexibility index (Phi) is 19.5. The van der Waals surface area contributed by atoms with Crippen LogP contribution in [0.15, 0.2) is 59.8 Å². The van der Waals surface area contributed by atoms with E-state index in [1.807, 2.05) is 86.3 Å². The first-order valence-electron chi connectivity index (χ1n) is 24.2. The van der Waals surface area contributed by atoms with Crippen molar-refractivity contribution in [3.63, 3.8) is 0 Å². The predicted molar refractivity (Wildman–Crippen MR) is 293 cm³/mol. The Labute approximate surface area is 468 Å². The molecular formula is C52H62Br2F6N6O5S4. The van der Waals surface area contributed by atoms with E-state index in [0.29, 0.717) is 54.4 Å². The van der Waals surface area contributed by atoms with E-state index in [1.165, 1.54) is 29.8 Å². The number of aromatic nitrogens is 4. The maximum Gasteiger partial charge on any atom is 0.446 e. The number of amides is 2. The van der Waals surface area contributed by atoms with Crippen molar-refractivity contribution in [1.29, 1.82) is 0 Å². The second-order valence-electron chi connectivity index (χ2n) is 21.5. The minimum absolute atomic E-state index is 0.0473. The van der Waals surface area contributed by atoms with E-state index in [-0.39, 0.29) is 86.9 Å². The number of alkyl halides is 6. The second kappa shape index (κ2) is 24.2. The van der Waals surface area contributed by atoms with Gasteiger partial charge in [0.25, 0.3) is 0 Å². The zero-order chi connectivity index (χ0) is 55.6. The molecule has 2 aliphatic rings. The molecule has 0 saturated carbocycles. The highest BCUT2D eigenvalue weighted by molar-refractivity contribution is 9.11. The summed E-state index contributed by atoms with van der Waals surface area (Å²) in [4.78, 5) is 50.4. The van der Waals surface area contributed by atoms with Crippen LogP contribution in [0.2, 0.25) is 0 Å². The number of likely N-dealkylation sites (tertiary alicyclic amines) is 2. The average molecular weight is 1250 g/mol. The van der Waals surface area contributed by atoms with Gasteiger partial charge < -0.3 is 19.3 Å². The summed E-state index contributed by atoms with van der Waals surface area (Å²) in [5.74, 6) is -0.109. The first kappa shape index (κ1) is 60.6. The molecule has 0 atom stereocenters. The Morgan fingerprint density at radius 2 is 1.09 bits per heavy atom. The number of carbonyl (C=O) groups excluding carboxylic acids is 3. The lowest BCUT2D eigenvalue weighted by atomic mass is 9.86. The summed E-state index contributed by atoms with van der Waals surface area (Å²) in [6.07, 6.45) is 2.73. The van der Waals surface area contributed by atoms with E-state index >= 15 is 0 Å². The first-order chi connectivity index (χ1) is 34.6. The van der Waals surface area contributed by atoms with Crippen LogP contribution in [0.3, 0.4) is 0 Å². The summed E-state index contributed by atoms with van der Waals surface area (Å²) < 4.78 is 92.3. The monoisotopic (exact) mass is 1250 g/mol. The molecule has 2 amide bonds. The number of esters is 1. The van der Waals surface area contributed by atoms with Gasteiger partial charge in [0, 0.05) is 64.6 Å². The van der Waals surface area contributed by atoms with Crippen LogP contribution in [-0.2, 0) is 42.9 Å². The fraction of sp³-hybridized carbons (Fsp3) is 0.538. The average Bonchev–Trinajstić information content (AvgIpc) is 3.99. The number of thiazole rings is 2. The smallest absolute Gasteiger partial charge is 0.446 e. The third-order valence-corrected chi connectivity index (χ3v) is 17.5. The van der Waals surface area contributed by atoms with Crippen LogP contribution in [0.5, 0.6) is 0 Å². The molecule has 0 radical (unpaired) electrons.